The average molecular weight is 453 g/mol. The van der Waals surface area contributed by atoms with Crippen LogP contribution in [0.4, 0.5) is 0 Å². The molecule has 0 amide bonds. The maximum absolute atomic E-state index is 10.6. The number of halogens is 1. The zero-order valence-electron chi connectivity index (χ0n) is 18.5. The molecule has 31 heavy (non-hydrogen) atoms. The van der Waals surface area contributed by atoms with Crippen molar-refractivity contribution in [2.24, 2.45) is 11.8 Å². The van der Waals surface area contributed by atoms with E-state index in [1.807, 2.05) is 36.4 Å². The van der Waals surface area contributed by atoms with Crippen LogP contribution in [0.25, 0.3) is 0 Å². The van der Waals surface area contributed by atoms with Crippen molar-refractivity contribution in [1.82, 2.24) is 0 Å². The summed E-state index contributed by atoms with van der Waals surface area (Å²) in [5.74, 6) is -0.0392. The Bertz CT molecular complexity index is 692. The second-order valence-corrected chi connectivity index (χ2v) is 9.10. The van der Waals surface area contributed by atoms with Crippen molar-refractivity contribution in [3.63, 3.8) is 0 Å². The Hall–Kier alpha value is -1.56. The summed E-state index contributed by atoms with van der Waals surface area (Å²) < 4.78 is 6.01. The highest BCUT2D eigenvalue weighted by atomic mass is 35.5. The minimum atomic E-state index is -0.775. The molecule has 6 heteroatoms. The van der Waals surface area contributed by atoms with Crippen molar-refractivity contribution in [2.45, 2.75) is 82.3 Å². The summed E-state index contributed by atoms with van der Waals surface area (Å²) in [7, 11) is 0. The molecule has 0 heterocycles. The molecule has 1 aliphatic carbocycles. The Morgan fingerprint density at radius 1 is 1.26 bits per heavy atom. The van der Waals surface area contributed by atoms with Crippen LogP contribution in [0.15, 0.2) is 36.4 Å². The Morgan fingerprint density at radius 2 is 2.06 bits per heavy atom. The van der Waals surface area contributed by atoms with Crippen molar-refractivity contribution < 1.29 is 24.9 Å². The molecule has 5 nitrogen and oxygen atoms in total. The van der Waals surface area contributed by atoms with Gasteiger partial charge in [0.05, 0.1) is 18.8 Å². The Balaban J connectivity index is 1.87. The molecule has 0 saturated heterocycles. The van der Waals surface area contributed by atoms with Crippen LogP contribution in [0.2, 0.25) is 0 Å². The molecule has 3 unspecified atom stereocenters. The summed E-state index contributed by atoms with van der Waals surface area (Å²) in [4.78, 5) is 10.6. The maximum atomic E-state index is 10.6. The number of hydrogen-bond donors (Lipinski definition) is 3. The number of unbranched alkanes of at least 4 members (excludes halogenated alkanes) is 3. The van der Waals surface area contributed by atoms with Crippen molar-refractivity contribution in [2.75, 3.05) is 6.61 Å². The first-order chi connectivity index (χ1) is 14.9. The first kappa shape index (κ1) is 25.7. The molecular weight excluding hydrogens is 416 g/mol. The molecule has 1 saturated carbocycles. The normalized spacial score (nSPS) is 24.5. The molecule has 1 aromatic carbocycles. The van der Waals surface area contributed by atoms with E-state index in [0.717, 1.165) is 44.1 Å². The number of rotatable bonds is 14. The topological polar surface area (TPSA) is 87.0 Å². The van der Waals surface area contributed by atoms with Crippen molar-refractivity contribution >= 4 is 17.6 Å². The minimum absolute atomic E-state index is 0.0655. The highest BCUT2D eigenvalue weighted by Crippen LogP contribution is 2.39. The van der Waals surface area contributed by atoms with Crippen LogP contribution in [0, 0.1) is 11.8 Å². The lowest BCUT2D eigenvalue weighted by molar-refractivity contribution is -0.137. The van der Waals surface area contributed by atoms with Gasteiger partial charge in [-0.3, -0.25) is 4.79 Å². The van der Waals surface area contributed by atoms with Crippen LogP contribution in [-0.2, 0) is 4.79 Å². The highest BCUT2D eigenvalue weighted by molar-refractivity contribution is 6.21. The molecule has 1 aromatic rings. The molecule has 174 valence electrons. The molecule has 0 bridgehead atoms. The number of carbonyl (C=O) groups is 1. The Labute approximate surface area is 191 Å². The fourth-order valence-electron chi connectivity index (χ4n) is 4.19. The zero-order valence-corrected chi connectivity index (χ0v) is 19.2. The summed E-state index contributed by atoms with van der Waals surface area (Å²) in [6, 6.07) is 7.56. The van der Waals surface area contributed by atoms with E-state index in [1.54, 1.807) is 0 Å². The lowest BCUT2D eigenvalue weighted by Gasteiger charge is -2.23. The van der Waals surface area contributed by atoms with Crippen LogP contribution in [-0.4, -0.2) is 39.4 Å². The SMILES string of the molecule is CCCCCC(O)c1cccc(OCC2C(O)C[C@@H](Cl)[C@@H]2CC=CCCCC(=O)O)c1. The standard InChI is InChI=1S/C25H37ClO5/c1-2-3-6-13-23(27)18-10-9-11-19(15-18)31-17-21-20(22(26)16-24(21)28)12-7-4-5-8-14-25(29)30/h4,7,9-11,15,20-24,27-28H,2-3,5-6,8,12-14,16-17H2,1H3,(H,29,30)/t20-,21?,22-,23?,24?/m1/s1. The van der Waals surface area contributed by atoms with E-state index in [-0.39, 0.29) is 23.6 Å². The van der Waals surface area contributed by atoms with Gasteiger partial charge < -0.3 is 20.1 Å². The predicted molar refractivity (Wildman–Crippen MR) is 124 cm³/mol. The maximum Gasteiger partial charge on any atom is 0.303 e. The summed E-state index contributed by atoms with van der Waals surface area (Å²) in [6.45, 7) is 2.52. The molecule has 0 aromatic heterocycles. The smallest absolute Gasteiger partial charge is 0.303 e. The predicted octanol–water partition coefficient (Wildman–Crippen LogP) is 5.48. The third-order valence-electron chi connectivity index (χ3n) is 6.08. The first-order valence-electron chi connectivity index (χ1n) is 11.5. The molecule has 0 radical (unpaired) electrons. The number of carboxylic acid groups (broad SMARTS) is 1. The summed E-state index contributed by atoms with van der Waals surface area (Å²) >= 11 is 6.50. The Kier molecular flexibility index (Phi) is 11.4. The number of carboxylic acids is 1. The third-order valence-corrected chi connectivity index (χ3v) is 6.58. The fraction of sp³-hybridized carbons (Fsp3) is 0.640. The third kappa shape index (κ3) is 8.83. The summed E-state index contributed by atoms with van der Waals surface area (Å²) in [5.41, 5.74) is 0.858. The van der Waals surface area contributed by atoms with Gasteiger partial charge in [-0.25, -0.2) is 0 Å². The first-order valence-corrected chi connectivity index (χ1v) is 12.0. The van der Waals surface area contributed by atoms with Crippen LogP contribution < -0.4 is 4.74 Å². The average Bonchev–Trinajstić information content (AvgIpc) is 3.01. The van der Waals surface area contributed by atoms with Gasteiger partial charge in [-0.05, 0) is 55.7 Å². The molecule has 2 rings (SSSR count). The highest BCUT2D eigenvalue weighted by Gasteiger charge is 2.41. The van der Waals surface area contributed by atoms with E-state index in [2.05, 4.69) is 6.92 Å². The van der Waals surface area contributed by atoms with Gasteiger partial charge in [-0.2, -0.15) is 0 Å². The number of aliphatic hydroxyl groups is 2. The van der Waals surface area contributed by atoms with Gasteiger partial charge in [-0.15, -0.1) is 11.6 Å². The molecule has 5 atom stereocenters. The van der Waals surface area contributed by atoms with Crippen LogP contribution >= 0.6 is 11.6 Å². The number of allylic oxidation sites excluding steroid dienone is 2. The minimum Gasteiger partial charge on any atom is -0.493 e. The van der Waals surface area contributed by atoms with Gasteiger partial charge in [0.15, 0.2) is 0 Å². The molecule has 3 N–H and O–H groups in total. The number of ether oxygens (including phenoxy) is 1. The quantitative estimate of drug-likeness (QED) is 0.197. The second kappa shape index (κ2) is 13.8. The molecule has 0 aliphatic heterocycles. The van der Waals surface area contributed by atoms with Crippen LogP contribution in [0.1, 0.15) is 76.4 Å². The van der Waals surface area contributed by atoms with E-state index in [4.69, 9.17) is 21.4 Å². The van der Waals surface area contributed by atoms with E-state index >= 15 is 0 Å². The van der Waals surface area contributed by atoms with Gasteiger partial charge in [0.1, 0.15) is 5.75 Å². The number of aliphatic carboxylic acids is 1. The summed E-state index contributed by atoms with van der Waals surface area (Å²) in [6.07, 6.45) is 9.83. The van der Waals surface area contributed by atoms with Crippen molar-refractivity contribution in [3.8, 4) is 5.75 Å². The van der Waals surface area contributed by atoms with E-state index in [0.29, 0.717) is 25.2 Å². The van der Waals surface area contributed by atoms with E-state index < -0.39 is 18.2 Å². The number of alkyl halides is 1. The van der Waals surface area contributed by atoms with E-state index in [1.165, 1.54) is 0 Å². The molecule has 1 fully saturated rings. The van der Waals surface area contributed by atoms with Gasteiger partial charge in [-0.1, -0.05) is 50.5 Å². The van der Waals surface area contributed by atoms with Crippen LogP contribution in [0.5, 0.6) is 5.75 Å². The molecule has 1 aliphatic rings. The van der Waals surface area contributed by atoms with Crippen molar-refractivity contribution in [3.05, 3.63) is 42.0 Å². The number of aliphatic hydroxyl groups excluding tert-OH is 2. The number of hydrogen-bond acceptors (Lipinski definition) is 4. The van der Waals surface area contributed by atoms with E-state index in [9.17, 15) is 15.0 Å². The van der Waals surface area contributed by atoms with Gasteiger partial charge in [0.25, 0.3) is 0 Å². The zero-order chi connectivity index (χ0) is 22.6. The monoisotopic (exact) mass is 452 g/mol. The fourth-order valence-corrected chi connectivity index (χ4v) is 4.66. The van der Waals surface area contributed by atoms with Gasteiger partial charge in [0.2, 0.25) is 0 Å². The molecular formula is C25H37ClO5. The second-order valence-electron chi connectivity index (χ2n) is 8.53. The lowest BCUT2D eigenvalue weighted by atomic mass is 9.92. The lowest BCUT2D eigenvalue weighted by Crippen LogP contribution is -2.27. The number of benzene rings is 1. The Morgan fingerprint density at radius 3 is 2.81 bits per heavy atom. The van der Waals surface area contributed by atoms with Crippen LogP contribution in [0.3, 0.4) is 0 Å². The van der Waals surface area contributed by atoms with Gasteiger partial charge >= 0.3 is 5.97 Å². The molecule has 0 spiro atoms. The largest absolute Gasteiger partial charge is 0.493 e. The van der Waals surface area contributed by atoms with Crippen molar-refractivity contribution in [1.29, 1.82) is 0 Å². The van der Waals surface area contributed by atoms with Gasteiger partial charge in [0, 0.05) is 17.7 Å². The summed E-state index contributed by atoms with van der Waals surface area (Å²) in [5, 5.41) is 29.5.